The summed E-state index contributed by atoms with van der Waals surface area (Å²) in [6, 6.07) is 4.08. The van der Waals surface area contributed by atoms with E-state index in [2.05, 4.69) is 39.3 Å². The molecule has 18 heavy (non-hydrogen) atoms. The predicted octanol–water partition coefficient (Wildman–Crippen LogP) is 1.36. The lowest BCUT2D eigenvalue weighted by molar-refractivity contribution is 1.03. The second-order valence-corrected chi connectivity index (χ2v) is 4.37. The smallest absolute Gasteiger partial charge is 0.150 e. The molecule has 0 saturated carbocycles. The van der Waals surface area contributed by atoms with Gasteiger partial charge in [0.15, 0.2) is 0 Å². The third-order valence-corrected chi connectivity index (χ3v) is 3.03. The number of aromatic nitrogens is 3. The van der Waals surface area contributed by atoms with Gasteiger partial charge in [0.05, 0.1) is 11.5 Å². The number of hydrogen-bond acceptors (Lipinski definition) is 4. The maximum Gasteiger partial charge on any atom is 0.150 e. The van der Waals surface area contributed by atoms with Crippen LogP contribution in [0.5, 0.6) is 0 Å². The first-order valence-corrected chi connectivity index (χ1v) is 6.03. The summed E-state index contributed by atoms with van der Waals surface area (Å²) in [6.07, 6.45) is 9.43. The second kappa shape index (κ2) is 4.56. The zero-order valence-corrected chi connectivity index (χ0v) is 10.2. The van der Waals surface area contributed by atoms with Gasteiger partial charge in [-0.05, 0) is 42.7 Å². The van der Waals surface area contributed by atoms with Crippen LogP contribution in [0.1, 0.15) is 19.8 Å². The van der Waals surface area contributed by atoms with Crippen molar-refractivity contribution >= 4 is 23.3 Å². The van der Waals surface area contributed by atoms with Crippen molar-refractivity contribution in [2.45, 2.75) is 19.8 Å². The van der Waals surface area contributed by atoms with Crippen LogP contribution in [0.3, 0.4) is 0 Å². The molecule has 1 N–H and O–H groups in total. The van der Waals surface area contributed by atoms with Crippen molar-refractivity contribution in [1.29, 1.82) is 0 Å². The van der Waals surface area contributed by atoms with Gasteiger partial charge in [-0.1, -0.05) is 6.08 Å². The summed E-state index contributed by atoms with van der Waals surface area (Å²) in [5.41, 5.74) is 1.34. The lowest BCUT2D eigenvalue weighted by atomic mass is 10.0. The van der Waals surface area contributed by atoms with Crippen LogP contribution in [0, 0.1) is 0 Å². The Morgan fingerprint density at radius 2 is 2.11 bits per heavy atom. The lowest BCUT2D eigenvalue weighted by Crippen LogP contribution is -2.32. The first-order valence-electron chi connectivity index (χ1n) is 6.03. The Morgan fingerprint density at radius 3 is 2.94 bits per heavy atom. The molecule has 0 bridgehead atoms. The number of rotatable bonds is 2. The minimum absolute atomic E-state index is 0.711. The molecule has 2 aromatic heterocycles. The summed E-state index contributed by atoms with van der Waals surface area (Å²) < 4.78 is 0. The Kier molecular flexibility index (Phi) is 2.76. The van der Waals surface area contributed by atoms with Crippen molar-refractivity contribution in [1.82, 2.24) is 15.0 Å². The van der Waals surface area contributed by atoms with Crippen LogP contribution >= 0.6 is 0 Å². The van der Waals surface area contributed by atoms with Gasteiger partial charge < -0.3 is 5.32 Å². The van der Waals surface area contributed by atoms with Crippen LogP contribution < -0.4 is 15.9 Å². The fourth-order valence-corrected chi connectivity index (χ4v) is 2.10. The highest BCUT2D eigenvalue weighted by Crippen LogP contribution is 2.09. The van der Waals surface area contributed by atoms with E-state index >= 15 is 0 Å². The average Bonchev–Trinajstić information content (AvgIpc) is 2.41. The number of anilines is 2. The molecule has 0 aliphatic heterocycles. The number of nitrogens with one attached hydrogen (secondary N) is 1. The molecule has 0 saturated heterocycles. The maximum absolute atomic E-state index is 4.64. The summed E-state index contributed by atoms with van der Waals surface area (Å²) in [6.45, 7) is 2.14. The lowest BCUT2D eigenvalue weighted by Gasteiger charge is -2.08. The van der Waals surface area contributed by atoms with Gasteiger partial charge in [-0.3, -0.25) is 4.98 Å². The summed E-state index contributed by atoms with van der Waals surface area (Å²) in [4.78, 5) is 12.8. The third-order valence-electron chi connectivity index (χ3n) is 3.03. The minimum Gasteiger partial charge on any atom is -0.324 e. The molecule has 0 radical (unpaired) electrons. The van der Waals surface area contributed by atoms with Gasteiger partial charge in [-0.25, -0.2) is 9.97 Å². The second-order valence-electron chi connectivity index (χ2n) is 4.37. The predicted molar refractivity (Wildman–Crippen MR) is 71.6 cm³/mol. The maximum atomic E-state index is 4.64. The van der Waals surface area contributed by atoms with E-state index in [1.165, 1.54) is 10.8 Å². The highest BCUT2D eigenvalue weighted by atomic mass is 15.1. The highest BCUT2D eigenvalue weighted by molar-refractivity contribution is 5.53. The minimum atomic E-state index is 0.711. The Morgan fingerprint density at radius 1 is 1.17 bits per heavy atom. The van der Waals surface area contributed by atoms with Gasteiger partial charge in [0, 0.05) is 12.4 Å². The first-order chi connectivity index (χ1) is 8.83. The summed E-state index contributed by atoms with van der Waals surface area (Å²) in [5.74, 6) is 1.52. The Hall–Kier alpha value is -2.23. The van der Waals surface area contributed by atoms with Gasteiger partial charge in [0.2, 0.25) is 0 Å². The number of pyridine rings is 1. The largest absolute Gasteiger partial charge is 0.324 e. The van der Waals surface area contributed by atoms with Gasteiger partial charge in [0.1, 0.15) is 11.6 Å². The first kappa shape index (κ1) is 10.9. The zero-order valence-electron chi connectivity index (χ0n) is 10.2. The molecular formula is C14H14N4. The Labute approximate surface area is 105 Å². The molecule has 2 heterocycles. The van der Waals surface area contributed by atoms with Crippen LogP contribution in [-0.4, -0.2) is 15.0 Å². The standard InChI is InChI=1S/C14H14N4/c1-10-3-2-4-11-5-6-12(18-14(10)11)17-13-9-15-7-8-16-13/h4-9H,2-3H2,1H3,(H,16,17,18). The summed E-state index contributed by atoms with van der Waals surface area (Å²) >= 11 is 0. The SMILES string of the molecule is CC1=c2nc(Nc3cnccn3)ccc2=CCC1. The molecular weight excluding hydrogens is 224 g/mol. The topological polar surface area (TPSA) is 50.7 Å². The zero-order chi connectivity index (χ0) is 12.4. The van der Waals surface area contributed by atoms with Crippen molar-refractivity contribution in [2.24, 2.45) is 0 Å². The monoisotopic (exact) mass is 238 g/mol. The Balaban J connectivity index is 2.01. The molecule has 2 aromatic rings. The summed E-state index contributed by atoms with van der Waals surface area (Å²) in [5, 5.41) is 5.48. The molecule has 0 atom stereocenters. The van der Waals surface area contributed by atoms with Crippen LogP contribution in [0.25, 0.3) is 11.6 Å². The third kappa shape index (κ3) is 2.09. The molecule has 0 fully saturated rings. The van der Waals surface area contributed by atoms with E-state index < -0.39 is 0 Å². The Bertz CT molecular complexity index is 677. The molecule has 90 valence electrons. The van der Waals surface area contributed by atoms with Crippen LogP contribution in [-0.2, 0) is 0 Å². The normalized spacial score (nSPS) is 13.7. The van der Waals surface area contributed by atoms with Gasteiger partial charge in [-0.2, -0.15) is 0 Å². The van der Waals surface area contributed by atoms with Crippen molar-refractivity contribution in [2.75, 3.05) is 5.32 Å². The van der Waals surface area contributed by atoms with Gasteiger partial charge >= 0.3 is 0 Å². The molecule has 3 rings (SSSR count). The van der Waals surface area contributed by atoms with E-state index in [9.17, 15) is 0 Å². The highest BCUT2D eigenvalue weighted by Gasteiger charge is 2.03. The van der Waals surface area contributed by atoms with E-state index in [0.717, 1.165) is 24.0 Å². The molecule has 1 aliphatic carbocycles. The van der Waals surface area contributed by atoms with Crippen LogP contribution in [0.4, 0.5) is 11.6 Å². The molecule has 4 nitrogen and oxygen atoms in total. The fourth-order valence-electron chi connectivity index (χ4n) is 2.10. The van der Waals surface area contributed by atoms with Crippen molar-refractivity contribution in [3.63, 3.8) is 0 Å². The van der Waals surface area contributed by atoms with Gasteiger partial charge in [0.25, 0.3) is 0 Å². The number of nitrogens with zero attached hydrogens (tertiary/aromatic N) is 3. The van der Waals surface area contributed by atoms with Crippen molar-refractivity contribution < 1.29 is 0 Å². The number of fused-ring (bicyclic) bond motifs is 1. The van der Waals surface area contributed by atoms with Crippen molar-refractivity contribution in [3.8, 4) is 0 Å². The fraction of sp³-hybridized carbons (Fsp3) is 0.214. The molecule has 4 heteroatoms. The van der Waals surface area contributed by atoms with Gasteiger partial charge in [-0.15, -0.1) is 0 Å². The molecule has 0 spiro atoms. The van der Waals surface area contributed by atoms with E-state index in [-0.39, 0.29) is 0 Å². The molecule has 1 aliphatic rings. The molecule has 0 aromatic carbocycles. The van der Waals surface area contributed by atoms with E-state index in [4.69, 9.17) is 0 Å². The summed E-state index contributed by atoms with van der Waals surface area (Å²) in [7, 11) is 0. The average molecular weight is 238 g/mol. The number of hydrogen-bond donors (Lipinski definition) is 1. The van der Waals surface area contributed by atoms with E-state index in [1.54, 1.807) is 18.6 Å². The van der Waals surface area contributed by atoms with Crippen LogP contribution in [0.2, 0.25) is 0 Å². The molecule has 0 amide bonds. The van der Waals surface area contributed by atoms with E-state index in [1.807, 2.05) is 6.07 Å². The molecule has 0 unspecified atom stereocenters. The van der Waals surface area contributed by atoms with Crippen molar-refractivity contribution in [3.05, 3.63) is 41.3 Å². The van der Waals surface area contributed by atoms with E-state index in [0.29, 0.717) is 5.82 Å². The quantitative estimate of drug-likeness (QED) is 0.858. The van der Waals surface area contributed by atoms with Crippen LogP contribution in [0.15, 0.2) is 30.7 Å².